The zero-order chi connectivity index (χ0) is 11.6. The molecule has 0 saturated carbocycles. The molecule has 0 aromatic rings. The summed E-state index contributed by atoms with van der Waals surface area (Å²) in [5, 5.41) is 20.1. The van der Waals surface area contributed by atoms with E-state index in [0.717, 1.165) is 0 Å². The van der Waals surface area contributed by atoms with Crippen LogP contribution >= 0.6 is 0 Å². The Morgan fingerprint density at radius 3 is 1.35 bits per heavy atom. The molecule has 2 aliphatic rings. The van der Waals surface area contributed by atoms with Crippen molar-refractivity contribution in [2.45, 2.75) is 12.2 Å². The molecule has 0 saturated heterocycles. The van der Waals surface area contributed by atoms with E-state index in [-0.39, 0.29) is 42.2 Å². The number of ether oxygens (including phenoxy) is 2. The molecular weight excluding hydrogens is 267 g/mol. The molecule has 0 spiro atoms. The summed E-state index contributed by atoms with van der Waals surface area (Å²) >= 11 is 0. The third-order valence-corrected chi connectivity index (χ3v) is 1.87. The van der Waals surface area contributed by atoms with Crippen molar-refractivity contribution < 1.29 is 36.5 Å². The topological polar surface area (TPSA) is 64.6 Å². The van der Waals surface area contributed by atoms with Gasteiger partial charge in [0.15, 0.2) is 0 Å². The Hall–Kier alpha value is -1.01. The van der Waals surface area contributed by atoms with Gasteiger partial charge in [0.25, 0.3) is 0 Å². The van der Waals surface area contributed by atoms with Crippen LogP contribution in [-0.4, -0.2) is 25.4 Å². The maximum absolute atomic E-state index is 10.1. The average molecular weight is 281 g/mol. The van der Waals surface area contributed by atoms with Gasteiger partial charge in [-0.1, -0.05) is 25.4 Å². The van der Waals surface area contributed by atoms with Gasteiger partial charge in [0, 0.05) is 0 Å². The normalized spacial score (nSPS) is 23.9. The van der Waals surface area contributed by atoms with E-state index in [1.54, 1.807) is 24.3 Å². The molecule has 5 heteroatoms. The number of hydrogen-bond acceptors (Lipinski definition) is 4. The minimum absolute atomic E-state index is 0. The van der Waals surface area contributed by atoms with Gasteiger partial charge in [0.1, 0.15) is 12.2 Å². The molecule has 1 radical (unpaired) electrons. The molecule has 2 aliphatic heterocycles. The van der Waals surface area contributed by atoms with Crippen molar-refractivity contribution in [2.24, 2.45) is 0 Å². The zero-order valence-electron chi connectivity index (χ0n) is 9.15. The summed E-state index contributed by atoms with van der Waals surface area (Å²) in [5.41, 5.74) is 0. The number of rotatable bonds is 2. The third-order valence-electron chi connectivity index (χ3n) is 1.87. The van der Waals surface area contributed by atoms with Crippen LogP contribution in [0.1, 0.15) is 0 Å². The van der Waals surface area contributed by atoms with Gasteiger partial charge in [0.05, 0.1) is 12.5 Å². The van der Waals surface area contributed by atoms with Gasteiger partial charge in [-0.2, -0.15) is 0 Å². The molecule has 0 aromatic carbocycles. The molecule has 17 heavy (non-hydrogen) atoms. The molecule has 0 amide bonds. The monoisotopic (exact) mass is 281 g/mol. The second-order valence-corrected chi connectivity index (χ2v) is 3.11. The fourth-order valence-electron chi connectivity index (χ4n) is 1.04. The Morgan fingerprint density at radius 1 is 0.765 bits per heavy atom. The third kappa shape index (κ3) is 7.01. The Kier molecular flexibility index (Phi) is 9.55. The van der Waals surface area contributed by atoms with E-state index in [1.165, 1.54) is 12.5 Å². The fraction of sp³-hybridized carbons (Fsp3) is 0.333. The average Bonchev–Trinajstić information content (AvgIpc) is 2.41. The number of allylic oxidation sites excluding steroid dienone is 4. The Bertz CT molecular complexity index is 267. The van der Waals surface area contributed by atoms with Crippen LogP contribution in [-0.2, 0) is 26.3 Å². The number of hydrogen-bond donors (Lipinski definition) is 0. The summed E-state index contributed by atoms with van der Waals surface area (Å²) in [4.78, 5) is 0. The second-order valence-electron chi connectivity index (χ2n) is 3.11. The van der Waals surface area contributed by atoms with E-state index in [2.05, 4.69) is 0 Å². The largest absolute Gasteiger partial charge is 2.00 e. The SMILES string of the molecule is [Co+2].[O-]CC1C=CC=CO1.[O-]CC1C=CC=CO1. The van der Waals surface area contributed by atoms with Crippen molar-refractivity contribution in [2.75, 3.05) is 13.2 Å². The summed E-state index contributed by atoms with van der Waals surface area (Å²) in [7, 11) is 0. The quantitative estimate of drug-likeness (QED) is 0.692. The van der Waals surface area contributed by atoms with Gasteiger partial charge in [-0.05, 0) is 24.3 Å². The van der Waals surface area contributed by atoms with Gasteiger partial charge in [-0.3, -0.25) is 0 Å². The summed E-state index contributed by atoms with van der Waals surface area (Å²) < 4.78 is 9.69. The Labute approximate surface area is 111 Å². The van der Waals surface area contributed by atoms with E-state index in [9.17, 15) is 10.2 Å². The molecule has 0 N–H and O–H groups in total. The zero-order valence-corrected chi connectivity index (χ0v) is 10.2. The van der Waals surface area contributed by atoms with Crippen LogP contribution in [0.3, 0.4) is 0 Å². The van der Waals surface area contributed by atoms with Crippen LogP contribution in [0, 0.1) is 0 Å². The molecule has 0 fully saturated rings. The molecule has 2 heterocycles. The van der Waals surface area contributed by atoms with Crippen molar-refractivity contribution in [3.63, 3.8) is 0 Å². The molecule has 0 aliphatic carbocycles. The molecule has 4 nitrogen and oxygen atoms in total. The first kappa shape index (κ1) is 16.0. The first-order chi connectivity index (χ1) is 7.86. The Morgan fingerprint density at radius 2 is 1.18 bits per heavy atom. The van der Waals surface area contributed by atoms with E-state index in [0.29, 0.717) is 0 Å². The van der Waals surface area contributed by atoms with Gasteiger partial charge < -0.3 is 19.7 Å². The van der Waals surface area contributed by atoms with E-state index in [4.69, 9.17) is 9.47 Å². The van der Waals surface area contributed by atoms with E-state index < -0.39 is 0 Å². The fourth-order valence-corrected chi connectivity index (χ4v) is 1.04. The molecule has 2 unspecified atom stereocenters. The second kappa shape index (κ2) is 10.2. The predicted molar refractivity (Wildman–Crippen MR) is 56.0 cm³/mol. The van der Waals surface area contributed by atoms with Crippen LogP contribution in [0.25, 0.3) is 0 Å². The smallest absolute Gasteiger partial charge is 0.852 e. The molecule has 2 atom stereocenters. The minimum atomic E-state index is -0.236. The van der Waals surface area contributed by atoms with Crippen LogP contribution in [0.15, 0.2) is 49.0 Å². The maximum Gasteiger partial charge on any atom is 2.00 e. The van der Waals surface area contributed by atoms with Crippen molar-refractivity contribution in [3.8, 4) is 0 Å². The summed E-state index contributed by atoms with van der Waals surface area (Å²) in [6.07, 6.45) is 13.2. The van der Waals surface area contributed by atoms with Crippen LogP contribution in [0.2, 0.25) is 0 Å². The minimum Gasteiger partial charge on any atom is -0.852 e. The Balaban J connectivity index is 0.000000284. The van der Waals surface area contributed by atoms with Gasteiger partial charge in [-0.25, -0.2) is 0 Å². The first-order valence-electron chi connectivity index (χ1n) is 5.00. The van der Waals surface area contributed by atoms with Crippen LogP contribution < -0.4 is 10.2 Å². The van der Waals surface area contributed by atoms with Gasteiger partial charge in [-0.15, -0.1) is 0 Å². The van der Waals surface area contributed by atoms with Crippen LogP contribution in [0.4, 0.5) is 0 Å². The van der Waals surface area contributed by atoms with Gasteiger partial charge in [0.2, 0.25) is 0 Å². The maximum atomic E-state index is 10.1. The van der Waals surface area contributed by atoms with Crippen molar-refractivity contribution in [1.82, 2.24) is 0 Å². The van der Waals surface area contributed by atoms with Crippen LogP contribution in [0.5, 0.6) is 0 Å². The molecular formula is C12H14CoO4. The summed E-state index contributed by atoms with van der Waals surface area (Å²) in [6.45, 7) is -0.387. The van der Waals surface area contributed by atoms with E-state index in [1.807, 2.05) is 12.2 Å². The summed E-state index contributed by atoms with van der Waals surface area (Å²) in [5.74, 6) is 0. The first-order valence-corrected chi connectivity index (χ1v) is 5.00. The molecule has 2 rings (SSSR count). The molecule has 95 valence electrons. The van der Waals surface area contributed by atoms with Crippen molar-refractivity contribution >= 4 is 0 Å². The van der Waals surface area contributed by atoms with Crippen molar-refractivity contribution in [3.05, 3.63) is 49.0 Å². The van der Waals surface area contributed by atoms with Gasteiger partial charge >= 0.3 is 16.8 Å². The van der Waals surface area contributed by atoms with Crippen molar-refractivity contribution in [1.29, 1.82) is 0 Å². The molecule has 0 aromatic heterocycles. The standard InChI is InChI=1S/2C6H7O2.Co/c2*7-5-6-3-1-2-4-8-6;/h2*1-4,6H,5H2;/q2*-1;+2. The summed E-state index contributed by atoms with van der Waals surface area (Å²) in [6, 6.07) is 0. The predicted octanol–water partition coefficient (Wildman–Crippen LogP) is -0.372. The molecule has 0 bridgehead atoms. The van der Waals surface area contributed by atoms with E-state index >= 15 is 0 Å².